The van der Waals surface area contributed by atoms with Crippen LogP contribution in [0.15, 0.2) is 36.4 Å². The predicted molar refractivity (Wildman–Crippen MR) is 78.8 cm³/mol. The number of carbonyl (C=O) groups excluding carboxylic acids is 2. The van der Waals surface area contributed by atoms with Crippen LogP contribution in [0.5, 0.6) is 0 Å². The minimum atomic E-state index is -0.102. The molecule has 0 radical (unpaired) electrons. The fourth-order valence-corrected chi connectivity index (χ4v) is 2.56. The third-order valence-corrected chi connectivity index (χ3v) is 3.60. The number of hydrogen-bond donors (Lipinski definition) is 2. The highest BCUT2D eigenvalue weighted by molar-refractivity contribution is 6.29. The first kappa shape index (κ1) is 12.4. The Hall–Kier alpha value is -2.62. The molecule has 0 fully saturated rings. The maximum absolute atomic E-state index is 12.5. The van der Waals surface area contributed by atoms with Crippen LogP contribution in [0.25, 0.3) is 0 Å². The van der Waals surface area contributed by atoms with Gasteiger partial charge in [-0.15, -0.1) is 0 Å². The van der Waals surface area contributed by atoms with E-state index in [1.807, 2.05) is 0 Å². The van der Waals surface area contributed by atoms with E-state index in [4.69, 9.17) is 0 Å². The van der Waals surface area contributed by atoms with Crippen LogP contribution in [0.4, 0.5) is 11.4 Å². The molecule has 0 unspecified atom stereocenters. The molecular weight excluding hydrogens is 252 g/mol. The maximum atomic E-state index is 12.5. The topological polar surface area (TPSA) is 58.2 Å². The van der Waals surface area contributed by atoms with Crippen LogP contribution in [0, 0.1) is 0 Å². The van der Waals surface area contributed by atoms with Crippen molar-refractivity contribution in [2.45, 2.75) is 0 Å². The second-order valence-corrected chi connectivity index (χ2v) is 4.65. The van der Waals surface area contributed by atoms with Gasteiger partial charge in [0.1, 0.15) is 0 Å². The summed E-state index contributed by atoms with van der Waals surface area (Å²) in [5, 5.41) is 6.06. The van der Waals surface area contributed by atoms with Gasteiger partial charge in [-0.1, -0.05) is 24.3 Å². The molecule has 100 valence electrons. The summed E-state index contributed by atoms with van der Waals surface area (Å²) in [7, 11) is 3.57. The number of rotatable bonds is 2. The smallest absolute Gasteiger partial charge is 0.194 e. The molecule has 1 aliphatic carbocycles. The van der Waals surface area contributed by atoms with Crippen LogP contribution in [0.1, 0.15) is 31.8 Å². The van der Waals surface area contributed by atoms with E-state index in [-0.39, 0.29) is 11.6 Å². The molecule has 0 saturated carbocycles. The third kappa shape index (κ3) is 1.61. The van der Waals surface area contributed by atoms with Crippen molar-refractivity contribution < 1.29 is 9.59 Å². The zero-order chi connectivity index (χ0) is 14.3. The third-order valence-electron chi connectivity index (χ3n) is 3.60. The zero-order valence-electron chi connectivity index (χ0n) is 11.3. The lowest BCUT2D eigenvalue weighted by Crippen LogP contribution is -2.21. The fourth-order valence-electron chi connectivity index (χ4n) is 2.56. The van der Waals surface area contributed by atoms with Gasteiger partial charge >= 0.3 is 0 Å². The summed E-state index contributed by atoms with van der Waals surface area (Å²) in [6, 6.07) is 10.4. The van der Waals surface area contributed by atoms with E-state index in [1.54, 1.807) is 50.5 Å². The van der Waals surface area contributed by atoms with E-state index < -0.39 is 0 Å². The van der Waals surface area contributed by atoms with Crippen molar-refractivity contribution in [3.63, 3.8) is 0 Å². The van der Waals surface area contributed by atoms with Gasteiger partial charge in [0, 0.05) is 36.3 Å². The van der Waals surface area contributed by atoms with E-state index >= 15 is 0 Å². The van der Waals surface area contributed by atoms with E-state index in [2.05, 4.69) is 10.6 Å². The maximum Gasteiger partial charge on any atom is 0.194 e. The molecular formula is C16H14N2O2. The van der Waals surface area contributed by atoms with E-state index in [9.17, 15) is 9.59 Å². The molecule has 0 spiro atoms. The minimum absolute atomic E-state index is 0.102. The van der Waals surface area contributed by atoms with Crippen LogP contribution in [-0.2, 0) is 0 Å². The van der Waals surface area contributed by atoms with Gasteiger partial charge in [0.15, 0.2) is 11.6 Å². The molecule has 0 amide bonds. The van der Waals surface area contributed by atoms with Crippen molar-refractivity contribution in [1.29, 1.82) is 0 Å². The molecule has 0 aromatic heterocycles. The van der Waals surface area contributed by atoms with Gasteiger partial charge in [-0.3, -0.25) is 9.59 Å². The number of nitrogens with one attached hydrogen (secondary N) is 2. The largest absolute Gasteiger partial charge is 0.386 e. The first-order chi connectivity index (χ1) is 9.67. The van der Waals surface area contributed by atoms with E-state index in [0.29, 0.717) is 22.3 Å². The van der Waals surface area contributed by atoms with Crippen molar-refractivity contribution in [1.82, 2.24) is 0 Å². The molecule has 2 aromatic rings. The van der Waals surface area contributed by atoms with Crippen LogP contribution in [-0.4, -0.2) is 25.7 Å². The monoisotopic (exact) mass is 266 g/mol. The number of anilines is 2. The number of fused-ring (bicyclic) bond motifs is 2. The molecule has 2 N–H and O–H groups in total. The standard InChI is InChI=1S/C16H14N2O2/c1-17-13-7-11-12(8-14(13)18-2)16(20)10-6-4-3-5-9(10)15(11)19/h3-8,17-18H,1-2H3. The Kier molecular flexibility index (Phi) is 2.79. The van der Waals surface area contributed by atoms with Crippen molar-refractivity contribution >= 4 is 22.9 Å². The molecule has 2 aromatic carbocycles. The Balaban J connectivity index is 2.28. The number of hydrogen-bond acceptors (Lipinski definition) is 4. The number of ketones is 2. The summed E-state index contributed by atoms with van der Waals surface area (Å²) in [5.74, 6) is -0.205. The molecule has 0 heterocycles. The average Bonchev–Trinajstić information content (AvgIpc) is 2.51. The van der Waals surface area contributed by atoms with Crippen LogP contribution in [0.2, 0.25) is 0 Å². The second kappa shape index (κ2) is 4.49. The Morgan fingerprint density at radius 2 is 1.10 bits per heavy atom. The summed E-state index contributed by atoms with van der Waals surface area (Å²) in [5.41, 5.74) is 3.46. The lowest BCUT2D eigenvalue weighted by molar-refractivity contribution is 0.0979. The van der Waals surface area contributed by atoms with Crippen molar-refractivity contribution in [3.05, 3.63) is 58.7 Å². The Bertz CT molecular complexity index is 673. The van der Waals surface area contributed by atoms with E-state index in [1.165, 1.54) is 0 Å². The highest BCUT2D eigenvalue weighted by Gasteiger charge is 2.30. The lowest BCUT2D eigenvalue weighted by atomic mass is 9.83. The quantitative estimate of drug-likeness (QED) is 0.748. The van der Waals surface area contributed by atoms with Gasteiger partial charge in [-0.25, -0.2) is 0 Å². The summed E-state index contributed by atoms with van der Waals surface area (Å²) in [4.78, 5) is 25.0. The number of benzene rings is 2. The van der Waals surface area contributed by atoms with Gasteiger partial charge in [0.2, 0.25) is 0 Å². The van der Waals surface area contributed by atoms with Crippen LogP contribution < -0.4 is 10.6 Å². The van der Waals surface area contributed by atoms with Crippen LogP contribution in [0.3, 0.4) is 0 Å². The summed E-state index contributed by atoms with van der Waals surface area (Å²) >= 11 is 0. The fraction of sp³-hybridized carbons (Fsp3) is 0.125. The Morgan fingerprint density at radius 3 is 1.45 bits per heavy atom. The highest BCUT2D eigenvalue weighted by Crippen LogP contribution is 2.33. The van der Waals surface area contributed by atoms with Gasteiger partial charge in [-0.05, 0) is 12.1 Å². The van der Waals surface area contributed by atoms with Crippen molar-refractivity contribution in [3.8, 4) is 0 Å². The van der Waals surface area contributed by atoms with Gasteiger partial charge in [-0.2, -0.15) is 0 Å². The molecule has 0 atom stereocenters. The first-order valence-electron chi connectivity index (χ1n) is 6.39. The van der Waals surface area contributed by atoms with Crippen LogP contribution >= 0.6 is 0 Å². The average molecular weight is 266 g/mol. The Morgan fingerprint density at radius 1 is 0.700 bits per heavy atom. The lowest BCUT2D eigenvalue weighted by Gasteiger charge is -2.20. The van der Waals surface area contributed by atoms with Crippen molar-refractivity contribution in [2.75, 3.05) is 24.7 Å². The van der Waals surface area contributed by atoms with Gasteiger partial charge < -0.3 is 10.6 Å². The highest BCUT2D eigenvalue weighted by atomic mass is 16.1. The predicted octanol–water partition coefficient (Wildman–Crippen LogP) is 2.55. The summed E-state index contributed by atoms with van der Waals surface area (Å²) in [6.45, 7) is 0. The number of carbonyl (C=O) groups is 2. The van der Waals surface area contributed by atoms with Gasteiger partial charge in [0.05, 0.1) is 11.4 Å². The van der Waals surface area contributed by atoms with E-state index in [0.717, 1.165) is 11.4 Å². The minimum Gasteiger partial charge on any atom is -0.386 e. The molecule has 3 rings (SSSR count). The normalized spacial score (nSPS) is 12.7. The molecule has 4 nitrogen and oxygen atoms in total. The van der Waals surface area contributed by atoms with Gasteiger partial charge in [0.25, 0.3) is 0 Å². The molecule has 0 aliphatic heterocycles. The first-order valence-corrected chi connectivity index (χ1v) is 6.39. The molecule has 20 heavy (non-hydrogen) atoms. The Labute approximate surface area is 116 Å². The summed E-state index contributed by atoms with van der Waals surface area (Å²) < 4.78 is 0. The molecule has 4 heteroatoms. The van der Waals surface area contributed by atoms with Crippen molar-refractivity contribution in [2.24, 2.45) is 0 Å². The SMILES string of the molecule is CNc1cc2c(cc1NC)C(=O)c1ccccc1C2=O. The molecule has 0 saturated heterocycles. The molecule has 1 aliphatic rings. The summed E-state index contributed by atoms with van der Waals surface area (Å²) in [6.07, 6.45) is 0. The zero-order valence-corrected chi connectivity index (χ0v) is 11.3. The second-order valence-electron chi connectivity index (χ2n) is 4.65. The molecule has 0 bridgehead atoms.